The fourth-order valence-corrected chi connectivity index (χ4v) is 5.59. The van der Waals surface area contributed by atoms with E-state index in [0.717, 1.165) is 17.0 Å². The first-order valence-corrected chi connectivity index (χ1v) is 17.3. The third-order valence-electron chi connectivity index (χ3n) is 7.98. The van der Waals surface area contributed by atoms with Crippen molar-refractivity contribution in [1.82, 2.24) is 39.2 Å². The van der Waals surface area contributed by atoms with Crippen LogP contribution in [0.25, 0.3) is 33.8 Å². The van der Waals surface area contributed by atoms with Gasteiger partial charge in [0.15, 0.2) is 22.7 Å². The predicted octanol–water partition coefficient (Wildman–Crippen LogP) is 8.32. The number of fused-ring (bicyclic) bond motifs is 2. The molecule has 0 fully saturated rings. The fourth-order valence-electron chi connectivity index (χ4n) is 5.59. The summed E-state index contributed by atoms with van der Waals surface area (Å²) >= 11 is 0. The Morgan fingerprint density at radius 1 is 0.600 bits per heavy atom. The van der Waals surface area contributed by atoms with Gasteiger partial charge in [0.2, 0.25) is 0 Å². The molecular weight excluding hydrogens is 703 g/mol. The van der Waals surface area contributed by atoms with Crippen molar-refractivity contribution in [3.8, 4) is 22.5 Å². The van der Waals surface area contributed by atoms with Gasteiger partial charge in [0.1, 0.15) is 17.5 Å². The van der Waals surface area contributed by atoms with E-state index in [-0.39, 0.29) is 28.9 Å². The van der Waals surface area contributed by atoms with Crippen molar-refractivity contribution >= 4 is 34.6 Å². The smallest absolute Gasteiger partial charge is 0.277 e. The average molecular weight is 739 g/mol. The Morgan fingerprint density at radius 2 is 1.13 bits per heavy atom. The Labute approximate surface area is 315 Å². The average Bonchev–Trinajstić information content (AvgIpc) is 3.80. The lowest BCUT2D eigenvalue weighted by Crippen LogP contribution is -2.16. The molecule has 0 aliphatic carbocycles. The minimum Gasteiger partial charge on any atom is -0.320 e. The van der Waals surface area contributed by atoms with Gasteiger partial charge in [-0.15, -0.1) is 0 Å². The normalized spacial score (nSPS) is 10.6. The Morgan fingerprint density at radius 3 is 1.64 bits per heavy atom. The van der Waals surface area contributed by atoms with E-state index in [1.54, 1.807) is 85.1 Å². The molecular formula is C41H36F2N10O2. The quantitative estimate of drug-likeness (QED) is 0.173. The van der Waals surface area contributed by atoms with Crippen LogP contribution in [0.3, 0.4) is 0 Å². The lowest BCUT2D eigenvalue weighted by Gasteiger charge is -2.07. The Bertz CT molecular complexity index is 2630. The zero-order chi connectivity index (χ0) is 39.1. The minimum absolute atomic E-state index is 0.240. The topological polar surface area (TPSA) is 144 Å². The van der Waals surface area contributed by atoms with Crippen LogP contribution in [0.2, 0.25) is 0 Å². The molecule has 55 heavy (non-hydrogen) atoms. The standard InChI is InChI=1S/C20H16FN5O.C19H14FN5O.C2H6/c1-12-9-13(2)23-18(10-12)24-20(27)17-11-22-19-8-7-16(25-26(17)19)14-5-3-4-6-15(14)21;1-12-10-13(8-9-21-12)23-19(26)17-11-22-18-7-6-16(24-25(17)18)14-4-2-3-5-15(14)20;1-2/h3-11H,1-2H3,(H,23,24,27);2-11H,1H3,(H,21,23,26);1-2H3. The number of halogens is 2. The molecule has 0 saturated carbocycles. The van der Waals surface area contributed by atoms with Crippen molar-refractivity contribution in [2.24, 2.45) is 0 Å². The highest BCUT2D eigenvalue weighted by Crippen LogP contribution is 2.23. The number of carbonyl (C=O) groups is 2. The summed E-state index contributed by atoms with van der Waals surface area (Å²) in [6, 6.07) is 26.6. The van der Waals surface area contributed by atoms with Crippen LogP contribution >= 0.6 is 0 Å². The summed E-state index contributed by atoms with van der Waals surface area (Å²) in [6.45, 7) is 9.63. The monoisotopic (exact) mass is 738 g/mol. The van der Waals surface area contributed by atoms with Crippen LogP contribution in [0.1, 0.15) is 51.8 Å². The lowest BCUT2D eigenvalue weighted by molar-refractivity contribution is 0.101. The molecule has 2 N–H and O–H groups in total. The predicted molar refractivity (Wildman–Crippen MR) is 207 cm³/mol. The minimum atomic E-state index is -0.391. The number of nitrogens with one attached hydrogen (secondary N) is 2. The SMILES string of the molecule is CC.Cc1cc(C)nc(NC(=O)c2cnc3ccc(-c4ccccc4F)nn23)c1.Cc1cc(NC(=O)c2cnc3ccc(-c4ccccc4F)nn23)ccn1. The summed E-state index contributed by atoms with van der Waals surface area (Å²) in [4.78, 5) is 42.1. The number of imidazole rings is 2. The van der Waals surface area contributed by atoms with E-state index in [1.165, 1.54) is 33.6 Å². The molecule has 12 nitrogen and oxygen atoms in total. The third-order valence-corrected chi connectivity index (χ3v) is 7.98. The Balaban J connectivity index is 0.000000179. The molecule has 0 bridgehead atoms. The first-order chi connectivity index (χ1) is 26.6. The van der Waals surface area contributed by atoms with Gasteiger partial charge in [0.05, 0.1) is 23.8 Å². The number of hydrogen-bond acceptors (Lipinski definition) is 8. The van der Waals surface area contributed by atoms with Gasteiger partial charge in [0, 0.05) is 34.4 Å². The van der Waals surface area contributed by atoms with E-state index in [0.29, 0.717) is 45.3 Å². The van der Waals surface area contributed by atoms with E-state index >= 15 is 0 Å². The van der Waals surface area contributed by atoms with E-state index in [4.69, 9.17) is 0 Å². The molecule has 2 amide bonds. The highest BCUT2D eigenvalue weighted by Gasteiger charge is 2.17. The molecule has 6 aromatic heterocycles. The largest absolute Gasteiger partial charge is 0.320 e. The number of nitrogens with zero attached hydrogens (tertiary/aromatic N) is 8. The zero-order valence-corrected chi connectivity index (χ0v) is 30.6. The van der Waals surface area contributed by atoms with Crippen LogP contribution in [-0.4, -0.2) is 51.0 Å². The van der Waals surface area contributed by atoms with E-state index in [1.807, 2.05) is 40.7 Å². The van der Waals surface area contributed by atoms with Crippen molar-refractivity contribution in [3.05, 3.63) is 156 Å². The zero-order valence-electron chi connectivity index (χ0n) is 30.6. The molecule has 0 unspecified atom stereocenters. The summed E-state index contributed by atoms with van der Waals surface area (Å²) < 4.78 is 30.9. The number of rotatable bonds is 6. The van der Waals surface area contributed by atoms with Crippen LogP contribution in [0.4, 0.5) is 20.3 Å². The molecule has 6 heterocycles. The molecule has 8 aromatic rings. The van der Waals surface area contributed by atoms with Crippen molar-refractivity contribution in [3.63, 3.8) is 0 Å². The van der Waals surface area contributed by atoms with Gasteiger partial charge in [-0.2, -0.15) is 10.2 Å². The van der Waals surface area contributed by atoms with Crippen molar-refractivity contribution in [2.75, 3.05) is 10.6 Å². The van der Waals surface area contributed by atoms with E-state index in [9.17, 15) is 18.4 Å². The number of aromatic nitrogens is 8. The number of benzene rings is 2. The molecule has 0 radical (unpaired) electrons. The van der Waals surface area contributed by atoms with Crippen LogP contribution in [0.5, 0.6) is 0 Å². The summed E-state index contributed by atoms with van der Waals surface area (Å²) in [6.07, 6.45) is 4.50. The molecule has 8 rings (SSSR count). The van der Waals surface area contributed by atoms with Gasteiger partial charge >= 0.3 is 0 Å². The highest BCUT2D eigenvalue weighted by atomic mass is 19.1. The number of anilines is 2. The summed E-state index contributed by atoms with van der Waals surface area (Å²) in [5.74, 6) is -1.05. The van der Waals surface area contributed by atoms with Gasteiger partial charge in [-0.05, 0) is 99.1 Å². The molecule has 0 aliphatic rings. The van der Waals surface area contributed by atoms with Crippen LogP contribution in [-0.2, 0) is 0 Å². The van der Waals surface area contributed by atoms with Crippen molar-refractivity contribution in [1.29, 1.82) is 0 Å². The Hall–Kier alpha value is -7.22. The molecule has 0 saturated heterocycles. The molecule has 0 spiro atoms. The van der Waals surface area contributed by atoms with E-state index in [2.05, 4.69) is 40.8 Å². The number of carbonyl (C=O) groups excluding carboxylic acids is 2. The first kappa shape index (κ1) is 37.5. The van der Waals surface area contributed by atoms with Gasteiger partial charge in [0.25, 0.3) is 11.8 Å². The maximum absolute atomic E-state index is 14.1. The maximum atomic E-state index is 14.1. The summed E-state index contributed by atoms with van der Waals surface area (Å²) in [5.41, 5.74) is 6.27. The van der Waals surface area contributed by atoms with E-state index < -0.39 is 5.91 Å². The van der Waals surface area contributed by atoms with Crippen LogP contribution in [0.15, 0.2) is 116 Å². The van der Waals surface area contributed by atoms with Crippen molar-refractivity contribution < 1.29 is 18.4 Å². The van der Waals surface area contributed by atoms with Gasteiger partial charge < -0.3 is 10.6 Å². The summed E-state index contributed by atoms with van der Waals surface area (Å²) in [7, 11) is 0. The fraction of sp³-hybridized carbons (Fsp3) is 0.122. The number of aryl methyl sites for hydroxylation is 3. The molecule has 14 heteroatoms. The summed E-state index contributed by atoms with van der Waals surface area (Å²) in [5, 5.41) is 14.3. The number of amides is 2. The maximum Gasteiger partial charge on any atom is 0.277 e. The third kappa shape index (κ3) is 8.54. The van der Waals surface area contributed by atoms with Gasteiger partial charge in [-0.1, -0.05) is 38.1 Å². The number of hydrogen-bond donors (Lipinski definition) is 2. The van der Waals surface area contributed by atoms with Gasteiger partial charge in [-0.25, -0.2) is 32.8 Å². The molecule has 2 aromatic carbocycles. The molecule has 0 atom stereocenters. The second-order valence-corrected chi connectivity index (χ2v) is 12.0. The van der Waals surface area contributed by atoms with Gasteiger partial charge in [-0.3, -0.25) is 14.6 Å². The Kier molecular flexibility index (Phi) is 11.3. The highest BCUT2D eigenvalue weighted by molar-refractivity contribution is 6.03. The number of pyridine rings is 2. The van der Waals surface area contributed by atoms with Crippen LogP contribution < -0.4 is 10.6 Å². The van der Waals surface area contributed by atoms with Crippen LogP contribution in [0, 0.1) is 32.4 Å². The molecule has 276 valence electrons. The lowest BCUT2D eigenvalue weighted by atomic mass is 10.1. The second-order valence-electron chi connectivity index (χ2n) is 12.0. The molecule has 0 aliphatic heterocycles. The first-order valence-electron chi connectivity index (χ1n) is 17.3. The second kappa shape index (κ2) is 16.6. The van der Waals surface area contributed by atoms with Crippen molar-refractivity contribution in [2.45, 2.75) is 34.6 Å².